The van der Waals surface area contributed by atoms with Crippen LogP contribution in [0.1, 0.15) is 45.2 Å². The van der Waals surface area contributed by atoms with Crippen LogP contribution in [0.25, 0.3) is 0 Å². The standard InChI is InChI=1S/C19H32N7O3/c1-13(2)9-16(25-17(28)15(21)5-3-4-6-20)18(29)26-19(22,12-27)10-14-11-23-7-8-24-14/h7-8,11,13,15-16H,3-6,9-10,20-22H2,1-2H3,(H,25,28)(H,26,29)/t15-,16-,19?/m0/s1. The summed E-state index contributed by atoms with van der Waals surface area (Å²) in [5, 5.41) is 5.13. The third-order valence-corrected chi connectivity index (χ3v) is 4.25. The summed E-state index contributed by atoms with van der Waals surface area (Å²) in [6.07, 6.45) is 8.26. The Morgan fingerprint density at radius 2 is 1.97 bits per heavy atom. The molecule has 29 heavy (non-hydrogen) atoms. The molecule has 0 aliphatic heterocycles. The molecule has 161 valence electrons. The highest BCUT2D eigenvalue weighted by Crippen LogP contribution is 2.09. The van der Waals surface area contributed by atoms with Gasteiger partial charge in [0.05, 0.1) is 11.7 Å². The second-order valence-electron chi connectivity index (χ2n) is 7.52. The van der Waals surface area contributed by atoms with Crippen molar-refractivity contribution in [3.63, 3.8) is 0 Å². The van der Waals surface area contributed by atoms with Gasteiger partial charge in [0.2, 0.25) is 18.1 Å². The molecule has 1 radical (unpaired) electrons. The molecule has 1 aromatic heterocycles. The van der Waals surface area contributed by atoms with Gasteiger partial charge < -0.3 is 27.8 Å². The molecule has 1 rings (SSSR count). The zero-order chi connectivity index (χ0) is 21.9. The molecule has 0 spiro atoms. The first-order valence-electron chi connectivity index (χ1n) is 9.72. The van der Waals surface area contributed by atoms with Crippen LogP contribution in [0.3, 0.4) is 0 Å². The van der Waals surface area contributed by atoms with E-state index in [1.807, 2.05) is 13.8 Å². The first kappa shape index (κ1) is 24.6. The number of hydrogen-bond acceptors (Lipinski definition) is 8. The molecule has 3 atom stereocenters. The van der Waals surface area contributed by atoms with Crippen LogP contribution in [0.15, 0.2) is 18.6 Å². The van der Waals surface area contributed by atoms with Gasteiger partial charge in [0.1, 0.15) is 6.04 Å². The molecule has 0 aromatic carbocycles. The highest BCUT2D eigenvalue weighted by atomic mass is 16.2. The summed E-state index contributed by atoms with van der Waals surface area (Å²) in [4.78, 5) is 44.6. The zero-order valence-electron chi connectivity index (χ0n) is 17.1. The van der Waals surface area contributed by atoms with E-state index >= 15 is 0 Å². The number of nitrogens with two attached hydrogens (primary N) is 3. The quantitative estimate of drug-likeness (QED) is 0.202. The second kappa shape index (κ2) is 12.2. The van der Waals surface area contributed by atoms with Crippen LogP contribution in [-0.2, 0) is 20.8 Å². The lowest BCUT2D eigenvalue weighted by atomic mass is 10.00. The van der Waals surface area contributed by atoms with Gasteiger partial charge in [0.25, 0.3) is 0 Å². The molecule has 0 saturated carbocycles. The summed E-state index contributed by atoms with van der Waals surface area (Å²) < 4.78 is 0. The molecule has 0 aliphatic carbocycles. The molecule has 2 amide bonds. The summed E-state index contributed by atoms with van der Waals surface area (Å²) in [6.45, 7) is 4.35. The van der Waals surface area contributed by atoms with E-state index in [9.17, 15) is 14.4 Å². The molecule has 1 heterocycles. The van der Waals surface area contributed by atoms with Crippen molar-refractivity contribution < 1.29 is 14.4 Å². The van der Waals surface area contributed by atoms with E-state index in [0.29, 0.717) is 25.1 Å². The van der Waals surface area contributed by atoms with Crippen molar-refractivity contribution in [3.8, 4) is 0 Å². The van der Waals surface area contributed by atoms with Crippen molar-refractivity contribution in [1.29, 1.82) is 0 Å². The molecule has 8 N–H and O–H groups in total. The van der Waals surface area contributed by atoms with E-state index in [0.717, 1.165) is 12.8 Å². The lowest BCUT2D eigenvalue weighted by Crippen LogP contribution is -2.63. The molecule has 0 fully saturated rings. The average Bonchev–Trinajstić information content (AvgIpc) is 2.67. The van der Waals surface area contributed by atoms with Crippen molar-refractivity contribution >= 4 is 18.1 Å². The van der Waals surface area contributed by atoms with Gasteiger partial charge in [0.15, 0.2) is 5.66 Å². The van der Waals surface area contributed by atoms with E-state index < -0.39 is 29.6 Å². The molecular weight excluding hydrogens is 374 g/mol. The highest BCUT2D eigenvalue weighted by molar-refractivity contribution is 5.91. The van der Waals surface area contributed by atoms with Gasteiger partial charge in [-0.05, 0) is 31.7 Å². The van der Waals surface area contributed by atoms with Crippen LogP contribution in [-0.4, -0.2) is 52.4 Å². The van der Waals surface area contributed by atoms with Gasteiger partial charge in [-0.25, -0.2) is 0 Å². The van der Waals surface area contributed by atoms with Gasteiger partial charge in [0, 0.05) is 25.0 Å². The Morgan fingerprint density at radius 3 is 2.52 bits per heavy atom. The van der Waals surface area contributed by atoms with Crippen molar-refractivity contribution in [2.24, 2.45) is 23.1 Å². The SMILES string of the molecule is CC(C)C[C@H](NC(=O)[C@@H](N)CCCCN)C(=O)NC(N)([C]=O)Cc1cnccn1. The minimum atomic E-state index is -1.80. The van der Waals surface area contributed by atoms with Crippen molar-refractivity contribution in [1.82, 2.24) is 20.6 Å². The number of amides is 2. The first-order chi connectivity index (χ1) is 13.7. The lowest BCUT2D eigenvalue weighted by molar-refractivity contribution is -0.130. The summed E-state index contributed by atoms with van der Waals surface area (Å²) in [7, 11) is 0. The van der Waals surface area contributed by atoms with Crippen molar-refractivity contribution in [3.05, 3.63) is 24.3 Å². The van der Waals surface area contributed by atoms with Crippen LogP contribution in [0.4, 0.5) is 0 Å². The molecular formula is C19H32N7O3. The third-order valence-electron chi connectivity index (χ3n) is 4.25. The summed E-state index contributed by atoms with van der Waals surface area (Å²) in [6, 6.07) is -1.63. The summed E-state index contributed by atoms with van der Waals surface area (Å²) in [5.41, 5.74) is 16.0. The lowest BCUT2D eigenvalue weighted by Gasteiger charge is -2.28. The average molecular weight is 407 g/mol. The maximum atomic E-state index is 12.8. The zero-order valence-corrected chi connectivity index (χ0v) is 17.1. The van der Waals surface area contributed by atoms with Gasteiger partial charge in [-0.15, -0.1) is 0 Å². The number of hydrogen-bond donors (Lipinski definition) is 5. The number of carbonyl (C=O) groups is 2. The second-order valence-corrected chi connectivity index (χ2v) is 7.52. The fraction of sp³-hybridized carbons (Fsp3) is 0.632. The molecule has 1 unspecified atom stereocenters. The minimum Gasteiger partial charge on any atom is -0.343 e. The van der Waals surface area contributed by atoms with Gasteiger partial charge in [-0.1, -0.05) is 20.3 Å². The normalized spacial score (nSPS) is 15.2. The van der Waals surface area contributed by atoms with Crippen LogP contribution < -0.4 is 27.8 Å². The van der Waals surface area contributed by atoms with Gasteiger partial charge in [-0.3, -0.25) is 24.4 Å². The predicted molar refractivity (Wildman–Crippen MR) is 109 cm³/mol. The molecule has 0 bridgehead atoms. The summed E-state index contributed by atoms with van der Waals surface area (Å²) in [5.74, 6) is -0.919. The van der Waals surface area contributed by atoms with E-state index in [-0.39, 0.29) is 12.3 Å². The number of nitrogens with one attached hydrogen (secondary N) is 2. The van der Waals surface area contributed by atoms with Crippen LogP contribution in [0.5, 0.6) is 0 Å². The number of aromatic nitrogens is 2. The van der Waals surface area contributed by atoms with E-state index in [1.54, 1.807) is 6.29 Å². The van der Waals surface area contributed by atoms with Crippen LogP contribution >= 0.6 is 0 Å². The largest absolute Gasteiger partial charge is 0.343 e. The minimum absolute atomic E-state index is 0.0863. The smallest absolute Gasteiger partial charge is 0.244 e. The predicted octanol–water partition coefficient (Wildman–Crippen LogP) is -1.11. The molecule has 0 saturated heterocycles. The first-order valence-corrected chi connectivity index (χ1v) is 9.72. The molecule has 0 aliphatic rings. The number of nitrogens with zero attached hydrogens (tertiary/aromatic N) is 2. The van der Waals surface area contributed by atoms with Crippen molar-refractivity contribution in [2.75, 3.05) is 6.54 Å². The van der Waals surface area contributed by atoms with Crippen LogP contribution in [0, 0.1) is 5.92 Å². The van der Waals surface area contributed by atoms with Crippen LogP contribution in [0.2, 0.25) is 0 Å². The number of carbonyl (C=O) groups excluding carboxylic acids is 3. The number of rotatable bonds is 13. The Balaban J connectivity index is 2.80. The Morgan fingerprint density at radius 1 is 1.24 bits per heavy atom. The Labute approximate surface area is 171 Å². The van der Waals surface area contributed by atoms with E-state index in [4.69, 9.17) is 17.2 Å². The van der Waals surface area contributed by atoms with E-state index in [1.165, 1.54) is 18.6 Å². The maximum absolute atomic E-state index is 12.8. The van der Waals surface area contributed by atoms with Gasteiger partial charge >= 0.3 is 0 Å². The molecule has 1 aromatic rings. The Bertz CT molecular complexity index is 656. The van der Waals surface area contributed by atoms with Crippen molar-refractivity contribution in [2.45, 2.75) is 63.7 Å². The number of unbranched alkanes of at least 4 members (excludes halogenated alkanes) is 1. The Kier molecular flexibility index (Phi) is 10.4. The maximum Gasteiger partial charge on any atom is 0.244 e. The topological polar surface area (TPSA) is 179 Å². The monoisotopic (exact) mass is 406 g/mol. The Hall–Kier alpha value is -2.43. The summed E-state index contributed by atoms with van der Waals surface area (Å²) >= 11 is 0. The third kappa shape index (κ3) is 9.07. The highest BCUT2D eigenvalue weighted by Gasteiger charge is 2.33. The molecule has 10 nitrogen and oxygen atoms in total. The van der Waals surface area contributed by atoms with Gasteiger partial charge in [-0.2, -0.15) is 0 Å². The van der Waals surface area contributed by atoms with E-state index in [2.05, 4.69) is 20.6 Å². The molecule has 10 heteroatoms. The fourth-order valence-electron chi connectivity index (χ4n) is 2.74. The fourth-order valence-corrected chi connectivity index (χ4v) is 2.74.